The van der Waals surface area contributed by atoms with Crippen molar-refractivity contribution in [2.75, 3.05) is 0 Å². The lowest BCUT2D eigenvalue weighted by Gasteiger charge is -2.32. The Hall–Kier alpha value is -2.68. The number of hydrogen-bond acceptors (Lipinski definition) is 5. The highest BCUT2D eigenvalue weighted by molar-refractivity contribution is 7.10. The largest absolute Gasteiger partial charge is 0.351 e. The molecule has 0 radical (unpaired) electrons. The Morgan fingerprint density at radius 3 is 2.88 bits per heavy atom. The average molecular weight is 362 g/mol. The molecule has 0 unspecified atom stereocenters. The van der Waals surface area contributed by atoms with Crippen LogP contribution in [0.3, 0.4) is 0 Å². The summed E-state index contributed by atoms with van der Waals surface area (Å²) in [5, 5.41) is 10.2. The van der Waals surface area contributed by atoms with Crippen LogP contribution in [0.4, 0.5) is 0 Å². The summed E-state index contributed by atoms with van der Waals surface area (Å²) in [6.45, 7) is 0.0868. The number of aryl methyl sites for hydroxylation is 1. The van der Waals surface area contributed by atoms with Gasteiger partial charge in [0.05, 0.1) is 18.6 Å². The van der Waals surface area contributed by atoms with Crippen LogP contribution in [0.5, 0.6) is 0 Å². The predicted molar refractivity (Wildman–Crippen MR) is 92.3 cm³/mol. The van der Waals surface area contributed by atoms with E-state index in [1.54, 1.807) is 0 Å². The first-order valence-corrected chi connectivity index (χ1v) is 8.83. The van der Waals surface area contributed by atoms with Crippen molar-refractivity contribution in [2.45, 2.75) is 37.9 Å². The monoisotopic (exact) mass is 362 g/mol. The number of hydrogen-bond donors (Lipinski definition) is 3. The second-order valence-electron chi connectivity index (χ2n) is 5.82. The zero-order valence-electron chi connectivity index (χ0n) is 13.4. The van der Waals surface area contributed by atoms with E-state index in [0.717, 1.165) is 15.6 Å². The minimum atomic E-state index is -0.396. The van der Waals surface area contributed by atoms with Crippen LogP contribution in [-0.2, 0) is 16.1 Å². The molecule has 2 aromatic rings. The molecule has 132 valence electrons. The van der Waals surface area contributed by atoms with Gasteiger partial charge in [-0.3, -0.25) is 24.3 Å². The predicted octanol–water partition coefficient (Wildman–Crippen LogP) is 0.124. The van der Waals surface area contributed by atoms with Gasteiger partial charge in [-0.05, 0) is 17.9 Å². The Bertz CT molecular complexity index is 871. The summed E-state index contributed by atoms with van der Waals surface area (Å²) < 4.78 is 1.11. The van der Waals surface area contributed by atoms with E-state index in [4.69, 9.17) is 0 Å². The SMILES string of the molecule is O=C(CCn1[nH]c(=O)ccc1=O)N[C@@H]1CCC(=O)N[C@H]1c1cccs1. The Labute approximate surface area is 146 Å². The van der Waals surface area contributed by atoms with Gasteiger partial charge in [0, 0.05) is 29.9 Å². The van der Waals surface area contributed by atoms with Gasteiger partial charge in [-0.15, -0.1) is 11.3 Å². The molecule has 0 saturated carbocycles. The number of rotatable bonds is 5. The first-order chi connectivity index (χ1) is 12.0. The molecule has 0 spiro atoms. The molecule has 0 aromatic carbocycles. The number of piperidine rings is 1. The molecule has 3 N–H and O–H groups in total. The summed E-state index contributed by atoms with van der Waals surface area (Å²) >= 11 is 1.52. The molecular formula is C16H18N4O4S. The second kappa shape index (κ2) is 7.47. The van der Waals surface area contributed by atoms with Gasteiger partial charge in [-0.25, -0.2) is 4.68 Å². The minimum Gasteiger partial charge on any atom is -0.351 e. The first-order valence-electron chi connectivity index (χ1n) is 7.95. The molecule has 1 aliphatic rings. The van der Waals surface area contributed by atoms with E-state index in [9.17, 15) is 19.2 Å². The van der Waals surface area contributed by atoms with Crippen molar-refractivity contribution in [3.8, 4) is 0 Å². The summed E-state index contributed by atoms with van der Waals surface area (Å²) in [7, 11) is 0. The summed E-state index contributed by atoms with van der Waals surface area (Å²) in [4.78, 5) is 47.8. The molecule has 1 aliphatic heterocycles. The second-order valence-corrected chi connectivity index (χ2v) is 6.80. The Morgan fingerprint density at radius 2 is 2.12 bits per heavy atom. The normalized spacial score (nSPS) is 20.1. The van der Waals surface area contributed by atoms with Gasteiger partial charge in [0.15, 0.2) is 0 Å². The molecule has 1 fully saturated rings. The quantitative estimate of drug-likeness (QED) is 0.701. The van der Waals surface area contributed by atoms with E-state index in [1.165, 1.54) is 17.4 Å². The van der Waals surface area contributed by atoms with Crippen molar-refractivity contribution in [3.63, 3.8) is 0 Å². The third kappa shape index (κ3) is 4.24. The standard InChI is InChI=1S/C16H18N4O4S/c21-12-4-3-10(16(18-12)11-2-1-9-25-11)17-13(22)7-8-20-15(24)6-5-14(23)19-20/h1-2,5-6,9-10,16H,3-4,7-8H2,(H,17,22)(H,18,21)(H,19,23)/t10-,16-/m1/s1. The van der Waals surface area contributed by atoms with E-state index in [0.29, 0.717) is 12.8 Å². The van der Waals surface area contributed by atoms with Gasteiger partial charge < -0.3 is 10.6 Å². The van der Waals surface area contributed by atoms with Gasteiger partial charge in [-0.1, -0.05) is 6.07 Å². The first kappa shape index (κ1) is 17.2. The molecule has 9 heteroatoms. The number of nitrogens with zero attached hydrogens (tertiary/aromatic N) is 1. The fraction of sp³-hybridized carbons (Fsp3) is 0.375. The molecule has 1 saturated heterocycles. The van der Waals surface area contributed by atoms with Gasteiger partial charge in [-0.2, -0.15) is 0 Å². The zero-order chi connectivity index (χ0) is 17.8. The zero-order valence-corrected chi connectivity index (χ0v) is 14.2. The molecule has 8 nitrogen and oxygen atoms in total. The number of carbonyl (C=O) groups excluding carboxylic acids is 2. The molecule has 2 aromatic heterocycles. The molecule has 2 atom stereocenters. The number of nitrogens with one attached hydrogen (secondary N) is 3. The highest BCUT2D eigenvalue weighted by Crippen LogP contribution is 2.27. The molecule has 2 amide bonds. The van der Waals surface area contributed by atoms with Gasteiger partial charge in [0.2, 0.25) is 11.8 Å². The molecule has 0 bridgehead atoms. The molecule has 3 heterocycles. The summed E-state index contributed by atoms with van der Waals surface area (Å²) in [6, 6.07) is 5.70. The molecular weight excluding hydrogens is 344 g/mol. The van der Waals surface area contributed by atoms with Gasteiger partial charge >= 0.3 is 0 Å². The van der Waals surface area contributed by atoms with E-state index < -0.39 is 5.56 Å². The van der Waals surface area contributed by atoms with E-state index in [1.807, 2.05) is 17.5 Å². The lowest BCUT2D eigenvalue weighted by molar-refractivity contribution is -0.127. The third-order valence-corrected chi connectivity index (χ3v) is 5.00. The van der Waals surface area contributed by atoms with Crippen molar-refractivity contribution in [1.29, 1.82) is 0 Å². The topological polar surface area (TPSA) is 113 Å². The van der Waals surface area contributed by atoms with E-state index >= 15 is 0 Å². The lowest BCUT2D eigenvalue weighted by atomic mass is 9.96. The maximum Gasteiger partial charge on any atom is 0.265 e. The summed E-state index contributed by atoms with van der Waals surface area (Å²) in [5.41, 5.74) is -0.762. The van der Waals surface area contributed by atoms with Gasteiger partial charge in [0.25, 0.3) is 11.1 Å². The van der Waals surface area contributed by atoms with Crippen LogP contribution in [0.15, 0.2) is 39.2 Å². The number of H-pyrrole nitrogens is 1. The van der Waals surface area contributed by atoms with Crippen molar-refractivity contribution in [3.05, 3.63) is 55.2 Å². The minimum absolute atomic E-state index is 0.0303. The lowest BCUT2D eigenvalue weighted by Crippen LogP contribution is -2.50. The maximum absolute atomic E-state index is 12.2. The van der Waals surface area contributed by atoms with Crippen LogP contribution in [0, 0.1) is 0 Å². The van der Waals surface area contributed by atoms with Crippen LogP contribution in [0.25, 0.3) is 0 Å². The van der Waals surface area contributed by atoms with Crippen molar-refractivity contribution < 1.29 is 9.59 Å². The Balaban J connectivity index is 1.63. The van der Waals surface area contributed by atoms with Crippen LogP contribution in [0.2, 0.25) is 0 Å². The number of amides is 2. The highest BCUT2D eigenvalue weighted by Gasteiger charge is 2.31. The highest BCUT2D eigenvalue weighted by atomic mass is 32.1. The van der Waals surface area contributed by atoms with E-state index in [-0.39, 0.29) is 42.4 Å². The number of aromatic amines is 1. The van der Waals surface area contributed by atoms with Crippen LogP contribution in [0.1, 0.15) is 30.2 Å². The number of aromatic nitrogens is 2. The van der Waals surface area contributed by atoms with Crippen LogP contribution < -0.4 is 21.8 Å². The number of carbonyl (C=O) groups is 2. The Kier molecular flexibility index (Phi) is 5.13. The van der Waals surface area contributed by atoms with E-state index in [2.05, 4.69) is 15.7 Å². The summed E-state index contributed by atoms with van der Waals surface area (Å²) in [6.07, 6.45) is 0.974. The molecule has 0 aliphatic carbocycles. The van der Waals surface area contributed by atoms with Crippen LogP contribution >= 0.6 is 11.3 Å². The molecule has 3 rings (SSSR count). The number of thiophene rings is 1. The maximum atomic E-state index is 12.2. The fourth-order valence-corrected chi connectivity index (χ4v) is 3.65. The van der Waals surface area contributed by atoms with Crippen molar-refractivity contribution in [2.24, 2.45) is 0 Å². The fourth-order valence-electron chi connectivity index (χ4n) is 2.81. The average Bonchev–Trinajstić information content (AvgIpc) is 3.11. The molecule has 25 heavy (non-hydrogen) atoms. The smallest absolute Gasteiger partial charge is 0.265 e. The summed E-state index contributed by atoms with van der Waals surface area (Å²) in [5.74, 6) is -0.267. The Morgan fingerprint density at radius 1 is 1.28 bits per heavy atom. The third-order valence-electron chi connectivity index (χ3n) is 4.05. The van der Waals surface area contributed by atoms with Crippen LogP contribution in [-0.4, -0.2) is 27.6 Å². The van der Waals surface area contributed by atoms with Gasteiger partial charge in [0.1, 0.15) is 0 Å². The van der Waals surface area contributed by atoms with Crippen molar-refractivity contribution >= 4 is 23.2 Å². The van der Waals surface area contributed by atoms with Crippen molar-refractivity contribution in [1.82, 2.24) is 20.4 Å².